The molecule has 96 valence electrons. The van der Waals surface area contributed by atoms with E-state index in [0.717, 1.165) is 26.1 Å². The van der Waals surface area contributed by atoms with Crippen LogP contribution in [0.1, 0.15) is 26.7 Å². The maximum Gasteiger partial charge on any atom is 0.0702 e. The van der Waals surface area contributed by atoms with Crippen LogP contribution in [0.5, 0.6) is 0 Å². The topological polar surface area (TPSA) is 47.7 Å². The third-order valence-corrected chi connectivity index (χ3v) is 3.44. The maximum atomic E-state index is 5.88. The van der Waals surface area contributed by atoms with Crippen molar-refractivity contribution >= 4 is 0 Å². The molecule has 0 amide bonds. The van der Waals surface area contributed by atoms with E-state index in [1.807, 2.05) is 0 Å². The van der Waals surface area contributed by atoms with Crippen molar-refractivity contribution in [2.24, 2.45) is 5.73 Å². The molecule has 1 rings (SSSR count). The van der Waals surface area contributed by atoms with Crippen molar-refractivity contribution in [2.45, 2.75) is 38.3 Å². The van der Waals surface area contributed by atoms with Gasteiger partial charge in [-0.3, -0.25) is 4.90 Å². The van der Waals surface area contributed by atoms with Crippen LogP contribution < -0.4 is 5.73 Å². The first kappa shape index (κ1) is 13.9. The van der Waals surface area contributed by atoms with E-state index in [1.54, 1.807) is 7.11 Å². The summed E-state index contributed by atoms with van der Waals surface area (Å²) in [6.07, 6.45) is 2.71. The minimum absolute atomic E-state index is 0.0511. The molecule has 1 heterocycles. The van der Waals surface area contributed by atoms with Crippen molar-refractivity contribution in [3.63, 3.8) is 0 Å². The first-order valence-corrected chi connectivity index (χ1v) is 6.22. The molecular weight excluding hydrogens is 204 g/mol. The summed E-state index contributed by atoms with van der Waals surface area (Å²) in [4.78, 5) is 2.42. The lowest BCUT2D eigenvalue weighted by Gasteiger charge is -2.44. The Labute approximate surface area is 99.1 Å². The Bertz CT molecular complexity index is 199. The molecule has 0 bridgehead atoms. The van der Waals surface area contributed by atoms with E-state index in [-0.39, 0.29) is 5.54 Å². The molecule has 2 atom stereocenters. The Kier molecular flexibility index (Phi) is 5.69. The Morgan fingerprint density at radius 3 is 2.81 bits per heavy atom. The molecule has 0 spiro atoms. The zero-order valence-electron chi connectivity index (χ0n) is 10.9. The third-order valence-electron chi connectivity index (χ3n) is 3.44. The van der Waals surface area contributed by atoms with Gasteiger partial charge >= 0.3 is 0 Å². The monoisotopic (exact) mass is 230 g/mol. The maximum absolute atomic E-state index is 5.88. The van der Waals surface area contributed by atoms with Gasteiger partial charge in [-0.2, -0.15) is 0 Å². The second-order valence-corrected chi connectivity index (χ2v) is 4.80. The molecule has 2 unspecified atom stereocenters. The van der Waals surface area contributed by atoms with Gasteiger partial charge in [-0.05, 0) is 33.2 Å². The molecule has 1 aliphatic heterocycles. The third kappa shape index (κ3) is 3.42. The zero-order chi connectivity index (χ0) is 12.0. The van der Waals surface area contributed by atoms with Crippen LogP contribution in [0, 0.1) is 0 Å². The second-order valence-electron chi connectivity index (χ2n) is 4.80. The first-order valence-electron chi connectivity index (χ1n) is 6.22. The summed E-state index contributed by atoms with van der Waals surface area (Å²) in [6.45, 7) is 8.40. The smallest absolute Gasteiger partial charge is 0.0702 e. The van der Waals surface area contributed by atoms with E-state index in [0.29, 0.717) is 19.3 Å². The van der Waals surface area contributed by atoms with E-state index in [2.05, 4.69) is 18.7 Å². The largest absolute Gasteiger partial charge is 0.383 e. The van der Waals surface area contributed by atoms with Crippen LogP contribution >= 0.6 is 0 Å². The highest BCUT2D eigenvalue weighted by molar-refractivity contribution is 4.90. The molecule has 2 N–H and O–H groups in total. The molecule has 0 aliphatic carbocycles. The van der Waals surface area contributed by atoms with Gasteiger partial charge in [-0.15, -0.1) is 0 Å². The molecule has 1 aliphatic rings. The van der Waals surface area contributed by atoms with Crippen LogP contribution in [0.3, 0.4) is 0 Å². The first-order chi connectivity index (χ1) is 7.66. The predicted octanol–water partition coefficient (Wildman–Crippen LogP) is 0.851. The van der Waals surface area contributed by atoms with Crippen molar-refractivity contribution in [2.75, 3.05) is 40.0 Å². The Morgan fingerprint density at radius 1 is 1.50 bits per heavy atom. The van der Waals surface area contributed by atoms with Gasteiger partial charge < -0.3 is 15.2 Å². The number of piperidine rings is 1. The average molecular weight is 230 g/mol. The van der Waals surface area contributed by atoms with Gasteiger partial charge in [-0.25, -0.2) is 0 Å². The Balaban J connectivity index is 2.56. The molecule has 4 heteroatoms. The van der Waals surface area contributed by atoms with Gasteiger partial charge in [0.25, 0.3) is 0 Å². The second kappa shape index (κ2) is 6.55. The van der Waals surface area contributed by atoms with E-state index in [1.165, 1.54) is 6.42 Å². The van der Waals surface area contributed by atoms with Gasteiger partial charge in [0.2, 0.25) is 0 Å². The number of nitrogens with zero attached hydrogens (tertiary/aromatic N) is 1. The molecule has 0 aromatic rings. The minimum atomic E-state index is -0.0511. The molecular formula is C12H26N2O2. The van der Waals surface area contributed by atoms with Crippen LogP contribution in [0.25, 0.3) is 0 Å². The molecule has 0 aromatic carbocycles. The van der Waals surface area contributed by atoms with Crippen LogP contribution in [0.4, 0.5) is 0 Å². The summed E-state index contributed by atoms with van der Waals surface area (Å²) in [5, 5.41) is 0. The number of methoxy groups -OCH3 is 1. The summed E-state index contributed by atoms with van der Waals surface area (Å²) in [5.41, 5.74) is 5.83. The summed E-state index contributed by atoms with van der Waals surface area (Å²) in [7, 11) is 1.73. The highest BCUT2D eigenvalue weighted by atomic mass is 16.5. The van der Waals surface area contributed by atoms with E-state index in [9.17, 15) is 0 Å². The Hall–Kier alpha value is -0.160. The van der Waals surface area contributed by atoms with Gasteiger partial charge in [0, 0.05) is 26.8 Å². The number of hydrogen-bond acceptors (Lipinski definition) is 4. The van der Waals surface area contributed by atoms with E-state index in [4.69, 9.17) is 15.2 Å². The van der Waals surface area contributed by atoms with Crippen molar-refractivity contribution in [3.8, 4) is 0 Å². The van der Waals surface area contributed by atoms with Gasteiger partial charge in [0.05, 0.1) is 18.2 Å². The van der Waals surface area contributed by atoms with Crippen molar-refractivity contribution in [3.05, 3.63) is 0 Å². The van der Waals surface area contributed by atoms with Crippen LogP contribution in [0.2, 0.25) is 0 Å². The predicted molar refractivity (Wildman–Crippen MR) is 65.6 cm³/mol. The Morgan fingerprint density at radius 2 is 2.25 bits per heavy atom. The van der Waals surface area contributed by atoms with Crippen molar-refractivity contribution in [1.29, 1.82) is 0 Å². The quantitative estimate of drug-likeness (QED) is 0.735. The van der Waals surface area contributed by atoms with Crippen molar-refractivity contribution < 1.29 is 9.47 Å². The molecule has 16 heavy (non-hydrogen) atoms. The van der Waals surface area contributed by atoms with Crippen molar-refractivity contribution in [1.82, 2.24) is 4.90 Å². The number of hydrogen-bond donors (Lipinski definition) is 1. The van der Waals surface area contributed by atoms with Gasteiger partial charge in [0.15, 0.2) is 0 Å². The molecule has 0 saturated carbocycles. The fraction of sp³-hybridized carbons (Fsp3) is 1.00. The lowest BCUT2D eigenvalue weighted by Crippen LogP contribution is -2.58. The molecule has 1 saturated heterocycles. The van der Waals surface area contributed by atoms with Crippen LogP contribution in [-0.2, 0) is 9.47 Å². The zero-order valence-corrected chi connectivity index (χ0v) is 10.9. The number of rotatable bonds is 6. The van der Waals surface area contributed by atoms with Gasteiger partial charge in [-0.1, -0.05) is 0 Å². The highest BCUT2D eigenvalue weighted by Gasteiger charge is 2.34. The summed E-state index contributed by atoms with van der Waals surface area (Å²) in [6, 6.07) is 0. The summed E-state index contributed by atoms with van der Waals surface area (Å²) < 4.78 is 11.0. The van der Waals surface area contributed by atoms with Crippen LogP contribution in [0.15, 0.2) is 0 Å². The summed E-state index contributed by atoms with van der Waals surface area (Å²) >= 11 is 0. The lowest BCUT2D eigenvalue weighted by molar-refractivity contribution is -0.0482. The summed E-state index contributed by atoms with van der Waals surface area (Å²) in [5.74, 6) is 0. The number of nitrogens with two attached hydrogens (primary N) is 1. The van der Waals surface area contributed by atoms with Gasteiger partial charge in [0.1, 0.15) is 0 Å². The highest BCUT2D eigenvalue weighted by Crippen LogP contribution is 2.22. The molecule has 0 radical (unpaired) electrons. The number of likely N-dealkylation sites (tertiary alicyclic amines) is 1. The molecule has 1 fully saturated rings. The lowest BCUT2D eigenvalue weighted by atomic mass is 9.96. The minimum Gasteiger partial charge on any atom is -0.383 e. The molecule has 0 aromatic heterocycles. The van der Waals surface area contributed by atoms with E-state index < -0.39 is 0 Å². The fourth-order valence-electron chi connectivity index (χ4n) is 2.39. The fourth-order valence-corrected chi connectivity index (χ4v) is 2.39. The van der Waals surface area contributed by atoms with E-state index >= 15 is 0 Å². The average Bonchev–Trinajstić information content (AvgIpc) is 2.30. The normalized spacial score (nSPS) is 26.6. The van der Waals surface area contributed by atoms with Crippen LogP contribution in [-0.4, -0.2) is 56.5 Å². The molecule has 4 nitrogen and oxygen atoms in total. The standard InChI is InChI=1S/C12H26N2O2/c1-4-16-11-6-5-7-14(8-11)12(2,9-13)10-15-3/h11H,4-10,13H2,1-3H3. The SMILES string of the molecule is CCOC1CCCN(C(C)(CN)COC)C1. The number of ether oxygens (including phenoxy) is 2.